The van der Waals surface area contributed by atoms with Crippen LogP contribution in [0, 0.1) is 29.4 Å². The lowest BCUT2D eigenvalue weighted by Gasteiger charge is -2.18. The van der Waals surface area contributed by atoms with Crippen molar-refractivity contribution < 1.29 is 0 Å². The lowest BCUT2D eigenvalue weighted by Crippen LogP contribution is -2.35. The van der Waals surface area contributed by atoms with E-state index in [9.17, 15) is 0 Å². The number of nitrogens with one attached hydrogen (secondary N) is 1. The predicted molar refractivity (Wildman–Crippen MR) is 133 cm³/mol. The zero-order chi connectivity index (χ0) is 24.4. The minimum absolute atomic E-state index is 0.196. The first-order valence-electron chi connectivity index (χ1n) is 10.9. The minimum Gasteiger partial charge on any atom is -0.330 e. The SMILES string of the molecule is CC(C)(C)CCN.CCNC(C)(C)C.[C-]#[N+]CC(C)(C)C.[C-]#[N+]CCC(C)(C)C. The topological polar surface area (TPSA) is 46.8 Å². The summed E-state index contributed by atoms with van der Waals surface area (Å²) in [5.74, 6) is 0. The Balaban J connectivity index is -0.000000144. The van der Waals surface area contributed by atoms with E-state index < -0.39 is 0 Å². The number of hydrogen-bond donors (Lipinski definition) is 2. The summed E-state index contributed by atoms with van der Waals surface area (Å²) in [5, 5.41) is 3.28. The Morgan fingerprint density at radius 2 is 1.10 bits per heavy atom. The van der Waals surface area contributed by atoms with E-state index in [2.05, 4.69) is 105 Å². The molecule has 0 atom stereocenters. The molecule has 0 amide bonds. The van der Waals surface area contributed by atoms with Crippen molar-refractivity contribution in [2.45, 2.75) is 108 Å². The molecule has 0 aromatic rings. The summed E-state index contributed by atoms with van der Waals surface area (Å²) in [6.07, 6.45) is 2.13. The Kier molecular flexibility index (Phi) is 21.6. The maximum absolute atomic E-state index is 6.51. The largest absolute Gasteiger partial charge is 0.330 e. The normalized spacial score (nSPS) is 11.3. The summed E-state index contributed by atoms with van der Waals surface area (Å²) >= 11 is 0. The zero-order valence-electron chi connectivity index (χ0n) is 22.2. The molecule has 0 spiro atoms. The maximum Gasteiger partial charge on any atom is 0.219 e. The molecule has 174 valence electrons. The molecular formula is C25H54N4. The molecule has 0 aromatic carbocycles. The lowest BCUT2D eigenvalue weighted by atomic mass is 9.93. The van der Waals surface area contributed by atoms with Crippen LogP contribution in [0.15, 0.2) is 0 Å². The third-order valence-electron chi connectivity index (χ3n) is 3.13. The third kappa shape index (κ3) is 66.0. The van der Waals surface area contributed by atoms with Gasteiger partial charge in [-0.05, 0) is 51.1 Å². The molecule has 0 aromatic heterocycles. The molecule has 0 aliphatic carbocycles. The van der Waals surface area contributed by atoms with Gasteiger partial charge in [-0.25, -0.2) is 13.1 Å². The smallest absolute Gasteiger partial charge is 0.219 e. The van der Waals surface area contributed by atoms with Gasteiger partial charge in [0.05, 0.1) is 0 Å². The van der Waals surface area contributed by atoms with E-state index in [1.165, 1.54) is 0 Å². The highest BCUT2D eigenvalue weighted by Crippen LogP contribution is 2.17. The molecule has 0 heterocycles. The van der Waals surface area contributed by atoms with E-state index in [4.69, 9.17) is 18.9 Å². The van der Waals surface area contributed by atoms with Gasteiger partial charge in [0.2, 0.25) is 13.1 Å². The lowest BCUT2D eigenvalue weighted by molar-refractivity contribution is 0.385. The zero-order valence-corrected chi connectivity index (χ0v) is 22.2. The van der Waals surface area contributed by atoms with Gasteiger partial charge in [-0.1, -0.05) is 69.2 Å². The summed E-state index contributed by atoms with van der Waals surface area (Å²) in [6, 6.07) is 0. The van der Waals surface area contributed by atoms with E-state index in [1.807, 2.05) is 0 Å². The van der Waals surface area contributed by atoms with Crippen molar-refractivity contribution in [3.63, 3.8) is 0 Å². The molecule has 0 aliphatic heterocycles. The van der Waals surface area contributed by atoms with E-state index in [1.54, 1.807) is 0 Å². The Hall–Kier alpha value is -1.10. The monoisotopic (exact) mass is 410 g/mol. The van der Waals surface area contributed by atoms with Crippen LogP contribution in [0.4, 0.5) is 0 Å². The van der Waals surface area contributed by atoms with Crippen molar-refractivity contribution in [3.05, 3.63) is 22.8 Å². The number of hydrogen-bond acceptors (Lipinski definition) is 2. The highest BCUT2D eigenvalue weighted by Gasteiger charge is 2.12. The van der Waals surface area contributed by atoms with Crippen LogP contribution in [0.1, 0.15) is 103 Å². The molecule has 0 rings (SSSR count). The number of nitrogens with zero attached hydrogens (tertiary/aromatic N) is 2. The summed E-state index contributed by atoms with van der Waals surface area (Å²) < 4.78 is 0. The summed E-state index contributed by atoms with van der Waals surface area (Å²) in [4.78, 5) is 6.53. The van der Waals surface area contributed by atoms with Crippen molar-refractivity contribution in [1.82, 2.24) is 5.32 Å². The van der Waals surface area contributed by atoms with Crippen LogP contribution >= 0.6 is 0 Å². The molecule has 0 saturated heterocycles. The first kappa shape index (κ1) is 35.3. The quantitative estimate of drug-likeness (QED) is 0.489. The number of rotatable bonds is 3. The summed E-state index contributed by atoms with van der Waals surface area (Å²) in [6.45, 7) is 44.0. The standard InChI is InChI=1S/C7H13N.C6H11N.2C6H15N/c1-7(2,3)5-6-8-4;1-6(2,3)5-7-4;1-6(2,3)4-5-7;1-5-7-6(2,3)4/h5-6H2,1-3H3;5H2,1-3H3;4-5,7H2,1-3H3;7H,5H2,1-4H3. The highest BCUT2D eigenvalue weighted by atomic mass is 14.9. The van der Waals surface area contributed by atoms with Gasteiger partial charge >= 0.3 is 0 Å². The van der Waals surface area contributed by atoms with Crippen LogP contribution in [0.25, 0.3) is 9.69 Å². The van der Waals surface area contributed by atoms with E-state index >= 15 is 0 Å². The molecule has 0 bridgehead atoms. The maximum atomic E-state index is 6.51. The molecule has 29 heavy (non-hydrogen) atoms. The molecular weight excluding hydrogens is 356 g/mol. The molecule has 0 fully saturated rings. The molecule has 0 radical (unpaired) electrons. The van der Waals surface area contributed by atoms with Crippen LogP contribution in [0.2, 0.25) is 0 Å². The molecule has 0 aliphatic rings. The first-order chi connectivity index (χ1) is 12.7. The predicted octanol–water partition coefficient (Wildman–Crippen LogP) is 7.07. The van der Waals surface area contributed by atoms with Gasteiger partial charge in [0.15, 0.2) is 0 Å². The Morgan fingerprint density at radius 3 is 1.14 bits per heavy atom. The van der Waals surface area contributed by atoms with Crippen molar-refractivity contribution in [1.29, 1.82) is 0 Å². The molecule has 3 N–H and O–H groups in total. The van der Waals surface area contributed by atoms with Gasteiger partial charge in [0, 0.05) is 17.4 Å². The van der Waals surface area contributed by atoms with Crippen molar-refractivity contribution in [2.24, 2.45) is 22.0 Å². The van der Waals surface area contributed by atoms with Gasteiger partial charge in [-0.3, -0.25) is 0 Å². The fourth-order valence-corrected chi connectivity index (χ4v) is 1.59. The molecule has 0 unspecified atom stereocenters. The van der Waals surface area contributed by atoms with Gasteiger partial charge < -0.3 is 20.7 Å². The van der Waals surface area contributed by atoms with Crippen LogP contribution in [0.5, 0.6) is 0 Å². The summed E-state index contributed by atoms with van der Waals surface area (Å²) in [5.41, 5.74) is 6.57. The van der Waals surface area contributed by atoms with Gasteiger partial charge in [-0.2, -0.15) is 0 Å². The third-order valence-corrected chi connectivity index (χ3v) is 3.13. The Morgan fingerprint density at radius 1 is 0.690 bits per heavy atom. The van der Waals surface area contributed by atoms with Crippen molar-refractivity contribution in [3.8, 4) is 0 Å². The fraction of sp³-hybridized carbons (Fsp3) is 0.920. The van der Waals surface area contributed by atoms with E-state index in [0.717, 1.165) is 25.9 Å². The van der Waals surface area contributed by atoms with Gasteiger partial charge in [0.25, 0.3) is 0 Å². The second kappa shape index (κ2) is 17.7. The average Bonchev–Trinajstić information content (AvgIpc) is 2.42. The molecule has 4 heteroatoms. The molecule has 4 nitrogen and oxygen atoms in total. The fourth-order valence-electron chi connectivity index (χ4n) is 1.59. The van der Waals surface area contributed by atoms with Crippen LogP contribution in [-0.2, 0) is 0 Å². The van der Waals surface area contributed by atoms with E-state index in [0.29, 0.717) is 29.5 Å². The van der Waals surface area contributed by atoms with Crippen LogP contribution < -0.4 is 11.1 Å². The second-order valence-electron chi connectivity index (χ2n) is 11.9. The van der Waals surface area contributed by atoms with Crippen LogP contribution in [-0.4, -0.2) is 31.7 Å². The second-order valence-corrected chi connectivity index (χ2v) is 11.9. The molecule has 0 saturated carbocycles. The summed E-state index contributed by atoms with van der Waals surface area (Å²) in [7, 11) is 0. The van der Waals surface area contributed by atoms with E-state index in [-0.39, 0.29) is 5.41 Å². The van der Waals surface area contributed by atoms with Crippen molar-refractivity contribution >= 4 is 0 Å². The Bertz CT molecular complexity index is 410. The number of nitrogens with two attached hydrogens (primary N) is 1. The minimum atomic E-state index is 0.196. The van der Waals surface area contributed by atoms with Gasteiger partial charge in [-0.15, -0.1) is 0 Å². The van der Waals surface area contributed by atoms with Crippen molar-refractivity contribution in [2.75, 3.05) is 26.2 Å². The van der Waals surface area contributed by atoms with Gasteiger partial charge in [0.1, 0.15) is 0 Å². The Labute approximate surface area is 185 Å². The average molecular weight is 411 g/mol. The highest BCUT2D eigenvalue weighted by molar-refractivity contribution is 4.72. The van der Waals surface area contributed by atoms with Crippen LogP contribution in [0.3, 0.4) is 0 Å². The first-order valence-corrected chi connectivity index (χ1v) is 10.9.